The minimum absolute atomic E-state index is 0. The van der Waals surface area contributed by atoms with Gasteiger partial charge in [-0.15, -0.1) is 12.4 Å². The first-order chi connectivity index (χ1) is 13.1. The van der Waals surface area contributed by atoms with E-state index in [4.69, 9.17) is 4.52 Å². The summed E-state index contributed by atoms with van der Waals surface area (Å²) in [4.78, 5) is 18.9. The molecule has 3 aromatic rings. The fourth-order valence-corrected chi connectivity index (χ4v) is 3.12. The topological polar surface area (TPSA) is 71.3 Å². The van der Waals surface area contributed by atoms with E-state index in [2.05, 4.69) is 15.5 Å². The molecule has 146 valence electrons. The van der Waals surface area contributed by atoms with Gasteiger partial charge in [-0.25, -0.2) is 4.39 Å². The molecular formula is C20H20ClFN4O2. The van der Waals surface area contributed by atoms with E-state index in [1.807, 2.05) is 11.8 Å². The summed E-state index contributed by atoms with van der Waals surface area (Å²) in [5.41, 5.74) is 2.03. The summed E-state index contributed by atoms with van der Waals surface area (Å²) in [5, 5.41) is 7.26. The SMILES string of the molecule is C[C@@H]1CNCCN1C(=O)c1ccc(-c2noc(-c3ccc(F)cc3)n2)cc1.Cl. The molecule has 2 aromatic carbocycles. The first kappa shape index (κ1) is 20.0. The van der Waals surface area contributed by atoms with Gasteiger partial charge in [0, 0.05) is 42.4 Å². The quantitative estimate of drug-likeness (QED) is 0.727. The van der Waals surface area contributed by atoms with Crippen LogP contribution in [0.4, 0.5) is 4.39 Å². The van der Waals surface area contributed by atoms with Crippen molar-refractivity contribution in [3.05, 3.63) is 59.9 Å². The smallest absolute Gasteiger partial charge is 0.258 e. The summed E-state index contributed by atoms with van der Waals surface area (Å²) in [5.74, 6) is 0.442. The Morgan fingerprint density at radius 1 is 1.14 bits per heavy atom. The van der Waals surface area contributed by atoms with Crippen molar-refractivity contribution >= 4 is 18.3 Å². The maximum atomic E-state index is 13.0. The third-order valence-corrected chi connectivity index (χ3v) is 4.67. The summed E-state index contributed by atoms with van der Waals surface area (Å²) in [6.07, 6.45) is 0. The zero-order valence-corrected chi connectivity index (χ0v) is 16.1. The van der Waals surface area contributed by atoms with Crippen molar-refractivity contribution in [3.63, 3.8) is 0 Å². The highest BCUT2D eigenvalue weighted by Crippen LogP contribution is 2.23. The second-order valence-electron chi connectivity index (χ2n) is 6.56. The number of piperazine rings is 1. The Balaban J connectivity index is 0.00000225. The molecule has 1 N–H and O–H groups in total. The van der Waals surface area contributed by atoms with Crippen molar-refractivity contribution in [2.75, 3.05) is 19.6 Å². The molecule has 1 aliphatic heterocycles. The molecule has 28 heavy (non-hydrogen) atoms. The molecule has 0 aliphatic carbocycles. The largest absolute Gasteiger partial charge is 0.334 e. The number of benzene rings is 2. The molecule has 0 radical (unpaired) electrons. The Hall–Kier alpha value is -2.77. The highest BCUT2D eigenvalue weighted by Gasteiger charge is 2.24. The van der Waals surface area contributed by atoms with Crippen LogP contribution in [0.25, 0.3) is 22.8 Å². The van der Waals surface area contributed by atoms with Gasteiger partial charge < -0.3 is 14.7 Å². The average molecular weight is 403 g/mol. The van der Waals surface area contributed by atoms with E-state index < -0.39 is 0 Å². The van der Waals surface area contributed by atoms with E-state index in [0.29, 0.717) is 29.4 Å². The first-order valence-electron chi connectivity index (χ1n) is 8.83. The molecule has 1 aliphatic rings. The van der Waals surface area contributed by atoms with Crippen LogP contribution in [0.5, 0.6) is 0 Å². The van der Waals surface area contributed by atoms with Crippen LogP contribution >= 0.6 is 12.4 Å². The molecule has 8 heteroatoms. The van der Waals surface area contributed by atoms with Crippen LogP contribution in [0.2, 0.25) is 0 Å². The number of rotatable bonds is 3. The molecule has 0 spiro atoms. The molecule has 0 saturated carbocycles. The monoisotopic (exact) mass is 402 g/mol. The van der Waals surface area contributed by atoms with Crippen LogP contribution in [0.15, 0.2) is 53.1 Å². The molecule has 4 rings (SSSR count). The van der Waals surface area contributed by atoms with Crippen LogP contribution in [0.3, 0.4) is 0 Å². The Labute approximate surface area is 168 Å². The van der Waals surface area contributed by atoms with E-state index >= 15 is 0 Å². The van der Waals surface area contributed by atoms with Crippen molar-refractivity contribution in [3.8, 4) is 22.8 Å². The van der Waals surface area contributed by atoms with Gasteiger partial charge in [-0.1, -0.05) is 17.3 Å². The van der Waals surface area contributed by atoms with E-state index in [-0.39, 0.29) is 30.2 Å². The normalized spacial score (nSPS) is 16.5. The van der Waals surface area contributed by atoms with E-state index in [1.165, 1.54) is 12.1 Å². The van der Waals surface area contributed by atoms with Gasteiger partial charge in [0.05, 0.1) is 0 Å². The van der Waals surface area contributed by atoms with Crippen molar-refractivity contribution in [1.82, 2.24) is 20.4 Å². The molecule has 0 bridgehead atoms. The second-order valence-corrected chi connectivity index (χ2v) is 6.56. The summed E-state index contributed by atoms with van der Waals surface area (Å²) < 4.78 is 18.3. The lowest BCUT2D eigenvalue weighted by atomic mass is 10.1. The zero-order chi connectivity index (χ0) is 18.8. The number of carbonyl (C=O) groups is 1. The van der Waals surface area contributed by atoms with E-state index in [0.717, 1.165) is 18.7 Å². The van der Waals surface area contributed by atoms with Gasteiger partial charge in [-0.2, -0.15) is 4.98 Å². The van der Waals surface area contributed by atoms with Crippen molar-refractivity contribution in [2.45, 2.75) is 13.0 Å². The molecule has 1 aromatic heterocycles. The summed E-state index contributed by atoms with van der Waals surface area (Å²) >= 11 is 0. The Morgan fingerprint density at radius 2 is 1.82 bits per heavy atom. The number of nitrogens with zero attached hydrogens (tertiary/aromatic N) is 3. The van der Waals surface area contributed by atoms with Crippen LogP contribution in [-0.4, -0.2) is 46.6 Å². The zero-order valence-electron chi connectivity index (χ0n) is 15.3. The summed E-state index contributed by atoms with van der Waals surface area (Å²) in [6.45, 7) is 4.35. The number of hydrogen-bond acceptors (Lipinski definition) is 5. The fraction of sp³-hybridized carbons (Fsp3) is 0.250. The molecule has 2 heterocycles. The Kier molecular flexibility index (Phi) is 6.06. The molecule has 6 nitrogen and oxygen atoms in total. The molecule has 0 unspecified atom stereocenters. The first-order valence-corrected chi connectivity index (χ1v) is 8.83. The maximum Gasteiger partial charge on any atom is 0.258 e. The Morgan fingerprint density at radius 3 is 2.50 bits per heavy atom. The second kappa shape index (κ2) is 8.50. The minimum Gasteiger partial charge on any atom is -0.334 e. The van der Waals surface area contributed by atoms with Gasteiger partial charge in [0.25, 0.3) is 11.8 Å². The van der Waals surface area contributed by atoms with Gasteiger partial charge >= 0.3 is 0 Å². The van der Waals surface area contributed by atoms with Crippen LogP contribution in [0.1, 0.15) is 17.3 Å². The third kappa shape index (κ3) is 4.05. The van der Waals surface area contributed by atoms with Crippen molar-refractivity contribution < 1.29 is 13.7 Å². The Bertz CT molecular complexity index is 944. The number of aromatic nitrogens is 2. The molecular weight excluding hydrogens is 383 g/mol. The summed E-state index contributed by atoms with van der Waals surface area (Å²) in [7, 11) is 0. The summed E-state index contributed by atoms with van der Waals surface area (Å²) in [6, 6.07) is 13.2. The predicted molar refractivity (Wildman–Crippen MR) is 106 cm³/mol. The van der Waals surface area contributed by atoms with E-state index in [1.54, 1.807) is 36.4 Å². The van der Waals surface area contributed by atoms with Gasteiger partial charge in [0.2, 0.25) is 5.82 Å². The highest BCUT2D eigenvalue weighted by atomic mass is 35.5. The van der Waals surface area contributed by atoms with Gasteiger partial charge in [0.15, 0.2) is 0 Å². The lowest BCUT2D eigenvalue weighted by Gasteiger charge is -2.34. The highest BCUT2D eigenvalue weighted by molar-refractivity contribution is 5.95. The van der Waals surface area contributed by atoms with Crippen molar-refractivity contribution in [2.24, 2.45) is 0 Å². The molecule has 1 fully saturated rings. The number of hydrogen-bond donors (Lipinski definition) is 1. The lowest BCUT2D eigenvalue weighted by molar-refractivity contribution is 0.0656. The number of nitrogens with one attached hydrogen (secondary N) is 1. The average Bonchev–Trinajstić information content (AvgIpc) is 3.19. The van der Waals surface area contributed by atoms with Crippen LogP contribution in [0, 0.1) is 5.82 Å². The van der Waals surface area contributed by atoms with Gasteiger partial charge in [-0.05, 0) is 43.3 Å². The third-order valence-electron chi connectivity index (χ3n) is 4.67. The number of halogens is 2. The van der Waals surface area contributed by atoms with Gasteiger partial charge in [-0.3, -0.25) is 4.79 Å². The molecule has 1 atom stereocenters. The molecule has 1 amide bonds. The maximum absolute atomic E-state index is 13.0. The van der Waals surface area contributed by atoms with E-state index in [9.17, 15) is 9.18 Å². The van der Waals surface area contributed by atoms with Crippen LogP contribution < -0.4 is 5.32 Å². The fourth-order valence-electron chi connectivity index (χ4n) is 3.12. The molecule has 1 saturated heterocycles. The van der Waals surface area contributed by atoms with Crippen LogP contribution in [-0.2, 0) is 0 Å². The standard InChI is InChI=1S/C20H19FN4O2.ClH/c1-13-12-22-10-11-25(13)20(26)16-4-2-14(3-5-16)18-23-19(27-24-18)15-6-8-17(21)9-7-15;/h2-9,13,22H,10-12H2,1H3;1H/t13-;/m1./s1. The van der Waals surface area contributed by atoms with Crippen molar-refractivity contribution in [1.29, 1.82) is 0 Å². The minimum atomic E-state index is -0.322. The lowest BCUT2D eigenvalue weighted by Crippen LogP contribution is -2.52. The van der Waals surface area contributed by atoms with Gasteiger partial charge in [0.1, 0.15) is 5.82 Å². The number of carbonyl (C=O) groups excluding carboxylic acids is 1. The number of amides is 1. The predicted octanol–water partition coefficient (Wildman–Crippen LogP) is 3.40.